The van der Waals surface area contributed by atoms with Gasteiger partial charge < -0.3 is 10.1 Å². The molecule has 0 aliphatic heterocycles. The summed E-state index contributed by atoms with van der Waals surface area (Å²) in [6.45, 7) is 1.68. The summed E-state index contributed by atoms with van der Waals surface area (Å²) in [5, 5.41) is 6.64. The van der Waals surface area contributed by atoms with E-state index < -0.39 is 35.3 Å². The second-order valence-corrected chi connectivity index (χ2v) is 5.88. The maximum Gasteiger partial charge on any atom is 0.433 e. The van der Waals surface area contributed by atoms with E-state index in [0.717, 1.165) is 24.3 Å². The number of ether oxygens (including phenoxy) is 1. The fourth-order valence-electron chi connectivity index (χ4n) is 2.52. The second-order valence-electron chi connectivity index (χ2n) is 5.88. The minimum absolute atomic E-state index is 0.181. The topological polar surface area (TPSA) is 86.1 Å². The smallest absolute Gasteiger partial charge is 0.433 e. The van der Waals surface area contributed by atoms with Gasteiger partial charge in [-0.15, -0.1) is 0 Å². The van der Waals surface area contributed by atoms with E-state index in [1.807, 2.05) is 0 Å². The van der Waals surface area contributed by atoms with Crippen molar-refractivity contribution >= 4 is 28.5 Å². The summed E-state index contributed by atoms with van der Waals surface area (Å²) in [5.41, 5.74) is -1.79. The number of hydrogen-bond donors (Lipinski definition) is 1. The monoisotopic (exact) mass is 410 g/mol. The van der Waals surface area contributed by atoms with Crippen LogP contribution in [0, 0.1) is 5.82 Å². The summed E-state index contributed by atoms with van der Waals surface area (Å²) < 4.78 is 58.6. The molecule has 3 rings (SSSR count). The lowest BCUT2D eigenvalue weighted by Gasteiger charge is -2.09. The lowest BCUT2D eigenvalue weighted by Crippen LogP contribution is -2.17. The molecule has 2 aromatic heterocycles. The Hall–Kier alpha value is -3.50. The van der Waals surface area contributed by atoms with Gasteiger partial charge in [-0.1, -0.05) is 6.07 Å². The predicted molar refractivity (Wildman–Crippen MR) is 93.5 cm³/mol. The molecule has 0 unspecified atom stereocenters. The van der Waals surface area contributed by atoms with Gasteiger partial charge in [-0.25, -0.2) is 9.37 Å². The Morgan fingerprint density at radius 2 is 2.00 bits per heavy atom. The van der Waals surface area contributed by atoms with Crippen molar-refractivity contribution in [2.45, 2.75) is 19.6 Å². The minimum atomic E-state index is -4.71. The number of amides is 1. The van der Waals surface area contributed by atoms with Crippen molar-refractivity contribution in [1.82, 2.24) is 14.8 Å². The predicted octanol–water partition coefficient (Wildman–Crippen LogP) is 3.40. The normalized spacial score (nSPS) is 11.5. The zero-order valence-electron chi connectivity index (χ0n) is 15.0. The van der Waals surface area contributed by atoms with Gasteiger partial charge in [0.1, 0.15) is 23.7 Å². The SMILES string of the molecule is CCOC(=O)Cn1cc2cc(NC(=O)c3cccc(C(F)(F)F)n3)c(F)cc2n1. The molecule has 1 aromatic carbocycles. The quantitative estimate of drug-likeness (QED) is 0.515. The van der Waals surface area contributed by atoms with E-state index in [2.05, 4.69) is 15.4 Å². The second kappa shape index (κ2) is 7.86. The zero-order valence-corrected chi connectivity index (χ0v) is 15.0. The van der Waals surface area contributed by atoms with Crippen molar-refractivity contribution < 1.29 is 31.9 Å². The first-order valence-electron chi connectivity index (χ1n) is 8.35. The van der Waals surface area contributed by atoms with E-state index in [9.17, 15) is 27.2 Å². The van der Waals surface area contributed by atoms with Crippen LogP contribution in [0.4, 0.5) is 23.2 Å². The largest absolute Gasteiger partial charge is 0.465 e. The molecule has 1 N–H and O–H groups in total. The molecule has 0 fully saturated rings. The maximum atomic E-state index is 14.3. The van der Waals surface area contributed by atoms with Gasteiger partial charge in [-0.2, -0.15) is 18.3 Å². The van der Waals surface area contributed by atoms with Crippen molar-refractivity contribution in [1.29, 1.82) is 0 Å². The number of nitrogens with one attached hydrogen (secondary N) is 1. The Kier molecular flexibility index (Phi) is 5.48. The van der Waals surface area contributed by atoms with Crippen LogP contribution in [-0.4, -0.2) is 33.2 Å². The van der Waals surface area contributed by atoms with Gasteiger partial charge in [-0.05, 0) is 25.1 Å². The average Bonchev–Trinajstić information content (AvgIpc) is 3.02. The van der Waals surface area contributed by atoms with Crippen LogP contribution in [0.3, 0.4) is 0 Å². The van der Waals surface area contributed by atoms with E-state index in [0.29, 0.717) is 5.39 Å². The number of anilines is 1. The number of hydrogen-bond acceptors (Lipinski definition) is 5. The number of carbonyl (C=O) groups is 2. The van der Waals surface area contributed by atoms with Crippen LogP contribution < -0.4 is 5.32 Å². The highest BCUT2D eigenvalue weighted by molar-refractivity contribution is 6.03. The third kappa shape index (κ3) is 4.68. The van der Waals surface area contributed by atoms with Crippen molar-refractivity contribution in [2.24, 2.45) is 0 Å². The number of aromatic nitrogens is 3. The number of nitrogens with zero attached hydrogens (tertiary/aromatic N) is 3. The fourth-order valence-corrected chi connectivity index (χ4v) is 2.52. The van der Waals surface area contributed by atoms with Crippen LogP contribution in [0.5, 0.6) is 0 Å². The molecule has 0 bridgehead atoms. The molecule has 11 heteroatoms. The molecular formula is C18H14F4N4O3. The number of alkyl halides is 3. The highest BCUT2D eigenvalue weighted by atomic mass is 19.4. The van der Waals surface area contributed by atoms with E-state index in [1.54, 1.807) is 6.92 Å². The van der Waals surface area contributed by atoms with Gasteiger partial charge >= 0.3 is 12.1 Å². The molecule has 3 aromatic rings. The van der Waals surface area contributed by atoms with Crippen LogP contribution in [0.1, 0.15) is 23.1 Å². The number of esters is 1. The number of fused-ring (bicyclic) bond motifs is 1. The lowest BCUT2D eigenvalue weighted by atomic mass is 10.2. The number of rotatable bonds is 5. The molecule has 29 heavy (non-hydrogen) atoms. The van der Waals surface area contributed by atoms with Gasteiger partial charge in [0, 0.05) is 17.6 Å². The number of pyridine rings is 1. The summed E-state index contributed by atoms with van der Waals surface area (Å²) in [4.78, 5) is 27.0. The molecule has 0 aliphatic rings. The molecular weight excluding hydrogens is 396 g/mol. The Labute approximate surface area is 161 Å². The Balaban J connectivity index is 1.83. The highest BCUT2D eigenvalue weighted by Gasteiger charge is 2.33. The van der Waals surface area contributed by atoms with E-state index in [4.69, 9.17) is 4.74 Å². The van der Waals surface area contributed by atoms with Crippen molar-refractivity contribution in [3.05, 3.63) is 53.7 Å². The van der Waals surface area contributed by atoms with Crippen LogP contribution in [0.15, 0.2) is 36.5 Å². The van der Waals surface area contributed by atoms with E-state index in [1.165, 1.54) is 16.9 Å². The Bertz CT molecular complexity index is 1080. The first-order valence-corrected chi connectivity index (χ1v) is 8.35. The Morgan fingerprint density at radius 1 is 1.24 bits per heavy atom. The van der Waals surface area contributed by atoms with E-state index in [-0.39, 0.29) is 24.4 Å². The van der Waals surface area contributed by atoms with Crippen molar-refractivity contribution in [3.63, 3.8) is 0 Å². The highest BCUT2D eigenvalue weighted by Crippen LogP contribution is 2.28. The molecule has 1 amide bonds. The third-order valence-electron chi connectivity index (χ3n) is 3.76. The molecule has 0 radical (unpaired) electrons. The molecule has 7 nitrogen and oxygen atoms in total. The minimum Gasteiger partial charge on any atom is -0.465 e. The Morgan fingerprint density at radius 3 is 2.69 bits per heavy atom. The average molecular weight is 410 g/mol. The maximum absolute atomic E-state index is 14.3. The van der Waals surface area contributed by atoms with Gasteiger partial charge in [0.15, 0.2) is 0 Å². The van der Waals surface area contributed by atoms with Gasteiger partial charge in [0.25, 0.3) is 5.91 Å². The number of carbonyl (C=O) groups excluding carboxylic acids is 2. The number of halogens is 4. The van der Waals surface area contributed by atoms with Crippen LogP contribution in [0.25, 0.3) is 10.9 Å². The third-order valence-corrected chi connectivity index (χ3v) is 3.76. The van der Waals surface area contributed by atoms with Crippen LogP contribution in [-0.2, 0) is 22.3 Å². The molecule has 152 valence electrons. The van der Waals surface area contributed by atoms with Crippen molar-refractivity contribution in [2.75, 3.05) is 11.9 Å². The fraction of sp³-hybridized carbons (Fsp3) is 0.222. The molecule has 0 saturated heterocycles. The van der Waals surface area contributed by atoms with Gasteiger partial charge in [0.05, 0.1) is 17.8 Å². The summed E-state index contributed by atoms with van der Waals surface area (Å²) in [6, 6.07) is 5.13. The molecule has 0 spiro atoms. The van der Waals surface area contributed by atoms with Gasteiger partial charge in [-0.3, -0.25) is 14.3 Å². The summed E-state index contributed by atoms with van der Waals surface area (Å²) in [5.74, 6) is -2.38. The summed E-state index contributed by atoms with van der Waals surface area (Å²) in [6.07, 6.45) is -3.27. The molecule has 2 heterocycles. The molecule has 0 atom stereocenters. The lowest BCUT2D eigenvalue weighted by molar-refractivity contribution is -0.144. The standard InChI is InChI=1S/C18H14F4N4O3/c1-2-29-16(27)9-26-8-10-6-14(11(19)7-13(10)25-26)24-17(28)12-4-3-5-15(23-12)18(20,21)22/h3-8H,2,9H2,1H3,(H,24,28). The molecule has 0 saturated carbocycles. The summed E-state index contributed by atoms with van der Waals surface area (Å²) >= 11 is 0. The van der Waals surface area contributed by atoms with Crippen molar-refractivity contribution in [3.8, 4) is 0 Å². The zero-order chi connectivity index (χ0) is 21.2. The summed E-state index contributed by atoms with van der Waals surface area (Å²) in [7, 11) is 0. The van der Waals surface area contributed by atoms with E-state index >= 15 is 0 Å². The first kappa shape index (κ1) is 20.2. The molecule has 0 aliphatic carbocycles. The van der Waals surface area contributed by atoms with Gasteiger partial charge in [0.2, 0.25) is 0 Å². The van der Waals surface area contributed by atoms with Crippen LogP contribution >= 0.6 is 0 Å². The first-order chi connectivity index (χ1) is 13.7. The van der Waals surface area contributed by atoms with Crippen LogP contribution in [0.2, 0.25) is 0 Å². The number of benzene rings is 1.